The van der Waals surface area contributed by atoms with Crippen molar-refractivity contribution in [3.8, 4) is 0 Å². The zero-order valence-electron chi connectivity index (χ0n) is 10.3. The maximum atomic E-state index is 12.4. The predicted octanol–water partition coefficient (Wildman–Crippen LogP) is 1.16. The second-order valence-electron chi connectivity index (χ2n) is 4.31. The lowest BCUT2D eigenvalue weighted by Gasteiger charge is -2.07. The van der Waals surface area contributed by atoms with E-state index in [9.17, 15) is 8.78 Å². The number of nitrogens with zero attached hydrogens (tertiary/aromatic N) is 3. The summed E-state index contributed by atoms with van der Waals surface area (Å²) in [6.07, 6.45) is 2.53. The van der Waals surface area contributed by atoms with Gasteiger partial charge in [-0.05, 0) is 25.0 Å². The van der Waals surface area contributed by atoms with Crippen LogP contribution in [0.5, 0.6) is 0 Å². The van der Waals surface area contributed by atoms with Gasteiger partial charge in [0.05, 0.1) is 11.7 Å². The molecular weight excluding hydrogens is 252 g/mol. The summed E-state index contributed by atoms with van der Waals surface area (Å²) < 4.78 is 25.7. The van der Waals surface area contributed by atoms with Crippen molar-refractivity contribution >= 4 is 11.8 Å². The van der Waals surface area contributed by atoms with E-state index in [2.05, 4.69) is 10.1 Å². The summed E-state index contributed by atoms with van der Waals surface area (Å²) in [5.74, 6) is 0. The van der Waals surface area contributed by atoms with Crippen LogP contribution in [0.25, 0.3) is 5.57 Å². The standard InChI is InChI=1S/C12H15F2N5/c13-11(14)7-19-12(16)4-3-10(18-19)8(5-15)6-17-9-1-2-9/h3-6,9,11,16H,1-2,7,15H2. The number of aliphatic imine (C=N–C) groups is 1. The van der Waals surface area contributed by atoms with Crippen molar-refractivity contribution in [3.05, 3.63) is 29.5 Å². The van der Waals surface area contributed by atoms with Crippen LogP contribution >= 0.6 is 0 Å². The van der Waals surface area contributed by atoms with Crippen LogP contribution in [0.15, 0.2) is 23.3 Å². The maximum Gasteiger partial charge on any atom is 0.258 e. The summed E-state index contributed by atoms with van der Waals surface area (Å²) in [5.41, 5.74) is 6.43. The monoisotopic (exact) mass is 267 g/mol. The fourth-order valence-electron chi connectivity index (χ4n) is 1.49. The van der Waals surface area contributed by atoms with E-state index in [1.165, 1.54) is 12.3 Å². The molecule has 0 bridgehead atoms. The third-order valence-electron chi connectivity index (χ3n) is 2.66. The quantitative estimate of drug-likeness (QED) is 0.785. The van der Waals surface area contributed by atoms with Crippen LogP contribution in [-0.2, 0) is 6.54 Å². The molecule has 1 heterocycles. The highest BCUT2D eigenvalue weighted by Crippen LogP contribution is 2.23. The summed E-state index contributed by atoms with van der Waals surface area (Å²) >= 11 is 0. The first-order valence-corrected chi connectivity index (χ1v) is 5.96. The van der Waals surface area contributed by atoms with Crippen molar-refractivity contribution in [1.29, 1.82) is 5.41 Å². The van der Waals surface area contributed by atoms with Crippen LogP contribution in [0.1, 0.15) is 18.5 Å². The Kier molecular flexibility index (Phi) is 4.03. The normalized spacial score (nSPS) is 16.5. The van der Waals surface area contributed by atoms with Gasteiger partial charge in [0, 0.05) is 18.0 Å². The topological polar surface area (TPSA) is 80.1 Å². The zero-order valence-corrected chi connectivity index (χ0v) is 10.3. The molecule has 102 valence electrons. The lowest BCUT2D eigenvalue weighted by atomic mass is 10.2. The minimum atomic E-state index is -2.55. The number of hydrogen-bond acceptors (Lipinski definition) is 4. The molecule has 5 nitrogen and oxygen atoms in total. The van der Waals surface area contributed by atoms with Crippen LogP contribution in [0, 0.1) is 5.41 Å². The highest BCUT2D eigenvalue weighted by molar-refractivity contribution is 6.08. The molecule has 1 aromatic heterocycles. The maximum absolute atomic E-state index is 12.4. The Balaban J connectivity index is 2.25. The molecule has 0 radical (unpaired) electrons. The van der Waals surface area contributed by atoms with Gasteiger partial charge in [-0.3, -0.25) is 10.4 Å². The molecule has 19 heavy (non-hydrogen) atoms. The van der Waals surface area contributed by atoms with Gasteiger partial charge in [-0.25, -0.2) is 13.5 Å². The fourth-order valence-corrected chi connectivity index (χ4v) is 1.49. The van der Waals surface area contributed by atoms with Gasteiger partial charge in [-0.15, -0.1) is 0 Å². The van der Waals surface area contributed by atoms with Gasteiger partial charge in [-0.2, -0.15) is 5.10 Å². The van der Waals surface area contributed by atoms with Crippen molar-refractivity contribution in [2.45, 2.75) is 31.9 Å². The molecular formula is C12H15F2N5. The van der Waals surface area contributed by atoms with Crippen LogP contribution in [0.2, 0.25) is 0 Å². The van der Waals surface area contributed by atoms with Gasteiger partial charge < -0.3 is 5.73 Å². The van der Waals surface area contributed by atoms with Crippen molar-refractivity contribution in [3.63, 3.8) is 0 Å². The Morgan fingerprint density at radius 1 is 1.58 bits per heavy atom. The van der Waals surface area contributed by atoms with E-state index < -0.39 is 13.0 Å². The number of allylic oxidation sites excluding steroid dienone is 1. The average Bonchev–Trinajstić information content (AvgIpc) is 3.17. The van der Waals surface area contributed by atoms with Gasteiger partial charge in [0.1, 0.15) is 12.0 Å². The number of hydrogen-bond donors (Lipinski definition) is 2. The van der Waals surface area contributed by atoms with Crippen molar-refractivity contribution < 1.29 is 8.78 Å². The van der Waals surface area contributed by atoms with E-state index in [0.717, 1.165) is 17.5 Å². The third-order valence-corrected chi connectivity index (χ3v) is 2.66. The number of nitrogens with two attached hydrogens (primary N) is 1. The summed E-state index contributed by atoms with van der Waals surface area (Å²) in [6, 6.07) is 3.33. The summed E-state index contributed by atoms with van der Waals surface area (Å²) in [5, 5.41) is 11.5. The lowest BCUT2D eigenvalue weighted by Crippen LogP contribution is -2.26. The molecule has 1 aliphatic rings. The molecule has 3 N–H and O–H groups in total. The highest BCUT2D eigenvalue weighted by Gasteiger charge is 2.19. The SMILES string of the molecule is N=c1ccc(C(C=NC2CC2)=CN)nn1CC(F)F. The smallest absolute Gasteiger partial charge is 0.258 e. The van der Waals surface area contributed by atoms with E-state index in [1.807, 2.05) is 0 Å². The molecule has 0 aliphatic heterocycles. The van der Waals surface area contributed by atoms with Gasteiger partial charge in [0.25, 0.3) is 6.43 Å². The summed E-state index contributed by atoms with van der Waals surface area (Å²) in [4.78, 5) is 4.28. The molecule has 0 aromatic carbocycles. The molecule has 1 fully saturated rings. The van der Waals surface area contributed by atoms with E-state index in [1.54, 1.807) is 12.3 Å². The predicted molar refractivity (Wildman–Crippen MR) is 67.8 cm³/mol. The van der Waals surface area contributed by atoms with Crippen molar-refractivity contribution in [2.24, 2.45) is 10.7 Å². The Morgan fingerprint density at radius 3 is 2.89 bits per heavy atom. The Morgan fingerprint density at radius 2 is 2.32 bits per heavy atom. The average molecular weight is 267 g/mol. The van der Waals surface area contributed by atoms with Gasteiger partial charge in [-0.1, -0.05) is 0 Å². The van der Waals surface area contributed by atoms with E-state index in [-0.39, 0.29) is 5.49 Å². The minimum absolute atomic E-state index is 0.0699. The molecule has 0 spiro atoms. The number of alkyl halides is 2. The second kappa shape index (κ2) is 5.73. The molecule has 0 amide bonds. The van der Waals surface area contributed by atoms with Crippen LogP contribution in [-0.4, -0.2) is 28.5 Å². The Hall–Kier alpha value is -2.05. The fraction of sp³-hybridized carbons (Fsp3) is 0.417. The van der Waals surface area contributed by atoms with Gasteiger partial charge >= 0.3 is 0 Å². The van der Waals surface area contributed by atoms with Gasteiger partial charge in [0.2, 0.25) is 0 Å². The molecule has 0 saturated heterocycles. The molecule has 0 atom stereocenters. The number of aromatic nitrogens is 2. The highest BCUT2D eigenvalue weighted by atomic mass is 19.3. The number of halogens is 2. The minimum Gasteiger partial charge on any atom is -0.404 e. The molecule has 0 unspecified atom stereocenters. The Labute approximate surface area is 109 Å². The first-order valence-electron chi connectivity index (χ1n) is 5.96. The van der Waals surface area contributed by atoms with E-state index in [0.29, 0.717) is 17.3 Å². The number of nitrogens with one attached hydrogen (secondary N) is 1. The first kappa shape index (κ1) is 13.4. The Bertz CT molecular complexity index is 557. The largest absolute Gasteiger partial charge is 0.404 e. The van der Waals surface area contributed by atoms with Crippen molar-refractivity contribution in [2.75, 3.05) is 0 Å². The van der Waals surface area contributed by atoms with Crippen LogP contribution in [0.4, 0.5) is 8.78 Å². The second-order valence-corrected chi connectivity index (χ2v) is 4.31. The summed E-state index contributed by atoms with van der Waals surface area (Å²) in [7, 11) is 0. The summed E-state index contributed by atoms with van der Waals surface area (Å²) in [6.45, 7) is -0.607. The molecule has 1 saturated carbocycles. The lowest BCUT2D eigenvalue weighted by molar-refractivity contribution is 0.119. The van der Waals surface area contributed by atoms with E-state index in [4.69, 9.17) is 11.1 Å². The first-order chi connectivity index (χ1) is 9.10. The molecule has 1 aromatic rings. The molecule has 1 aliphatic carbocycles. The van der Waals surface area contributed by atoms with Crippen molar-refractivity contribution in [1.82, 2.24) is 9.78 Å². The van der Waals surface area contributed by atoms with Gasteiger partial charge in [0.15, 0.2) is 0 Å². The van der Waals surface area contributed by atoms with Crippen LogP contribution in [0.3, 0.4) is 0 Å². The third kappa shape index (κ3) is 3.70. The number of rotatable bonds is 5. The molecule has 2 rings (SSSR count). The molecule has 7 heteroatoms. The zero-order chi connectivity index (χ0) is 13.8. The van der Waals surface area contributed by atoms with E-state index >= 15 is 0 Å². The van der Waals surface area contributed by atoms with Crippen LogP contribution < -0.4 is 11.2 Å².